The zero-order chi connectivity index (χ0) is 18.7. The average molecular weight is 361 g/mol. The molecule has 1 N–H and O–H groups in total. The summed E-state index contributed by atoms with van der Waals surface area (Å²) in [5.74, 6) is 0.0478. The van der Waals surface area contributed by atoms with Crippen molar-refractivity contribution in [2.24, 2.45) is 0 Å². The third-order valence-electron chi connectivity index (χ3n) is 5.07. The maximum absolute atomic E-state index is 13.0. The lowest BCUT2D eigenvalue weighted by Crippen LogP contribution is -2.50. The predicted octanol–water partition coefficient (Wildman–Crippen LogP) is 0.664. The lowest BCUT2D eigenvalue weighted by atomic mass is 10.1. The smallest absolute Gasteiger partial charge is 0.290 e. The Morgan fingerprint density at radius 1 is 1.04 bits per heavy atom. The van der Waals surface area contributed by atoms with Gasteiger partial charge in [-0.15, -0.1) is 0 Å². The molecule has 0 atom stereocenters. The molecule has 0 aromatic carbocycles. The molecule has 3 amide bonds. The van der Waals surface area contributed by atoms with Crippen LogP contribution in [0.25, 0.3) is 0 Å². The van der Waals surface area contributed by atoms with Gasteiger partial charge in [0.25, 0.3) is 11.8 Å². The fourth-order valence-electron chi connectivity index (χ4n) is 3.58. The molecule has 142 valence electrons. The van der Waals surface area contributed by atoms with Crippen LogP contribution in [0.15, 0.2) is 0 Å². The van der Waals surface area contributed by atoms with Crippen LogP contribution in [0.5, 0.6) is 0 Å². The molecule has 1 aromatic heterocycles. The molecule has 3 heterocycles. The first-order valence-electron chi connectivity index (χ1n) is 9.45. The minimum absolute atomic E-state index is 0.0326. The van der Waals surface area contributed by atoms with Gasteiger partial charge in [0.05, 0.1) is 5.69 Å². The Bertz CT molecular complexity index is 704. The van der Waals surface area contributed by atoms with Gasteiger partial charge in [-0.2, -0.15) is 0 Å². The van der Waals surface area contributed by atoms with E-state index in [2.05, 4.69) is 10.3 Å². The molecule has 2 aliphatic rings. The monoisotopic (exact) mass is 361 g/mol. The maximum atomic E-state index is 13.0. The third-order valence-corrected chi connectivity index (χ3v) is 5.07. The Hall–Kier alpha value is -2.38. The topological polar surface area (TPSA) is 87.5 Å². The van der Waals surface area contributed by atoms with Gasteiger partial charge in [0, 0.05) is 46.2 Å². The molecule has 1 fully saturated rings. The first-order chi connectivity index (χ1) is 12.5. The molecule has 0 radical (unpaired) electrons. The van der Waals surface area contributed by atoms with Gasteiger partial charge in [-0.05, 0) is 25.7 Å². The van der Waals surface area contributed by atoms with Crippen LogP contribution in [0.3, 0.4) is 0 Å². The first kappa shape index (κ1) is 18.4. The molecule has 0 unspecified atom stereocenters. The number of nitrogens with one attached hydrogen (secondary N) is 1. The van der Waals surface area contributed by atoms with Gasteiger partial charge in [0.2, 0.25) is 5.91 Å². The molecule has 1 aromatic rings. The number of imidazole rings is 1. The van der Waals surface area contributed by atoms with Gasteiger partial charge in [0.15, 0.2) is 5.82 Å². The van der Waals surface area contributed by atoms with E-state index in [0.29, 0.717) is 44.2 Å². The van der Waals surface area contributed by atoms with Crippen molar-refractivity contribution < 1.29 is 14.4 Å². The summed E-state index contributed by atoms with van der Waals surface area (Å²) in [6, 6.07) is 0. The highest BCUT2D eigenvalue weighted by Gasteiger charge is 2.31. The predicted molar refractivity (Wildman–Crippen MR) is 95.9 cm³/mol. The molecule has 1 saturated heterocycles. The normalized spacial score (nSPS) is 17.0. The van der Waals surface area contributed by atoms with Gasteiger partial charge in [-0.25, -0.2) is 4.98 Å². The van der Waals surface area contributed by atoms with E-state index in [1.807, 2.05) is 11.5 Å². The van der Waals surface area contributed by atoms with Gasteiger partial charge < -0.3 is 19.7 Å². The Kier molecular flexibility index (Phi) is 5.58. The van der Waals surface area contributed by atoms with Crippen LogP contribution in [0.1, 0.15) is 59.9 Å². The minimum Gasteiger partial charge on any atom is -0.351 e. The Balaban J connectivity index is 1.81. The van der Waals surface area contributed by atoms with Crippen LogP contribution in [0.2, 0.25) is 0 Å². The molecule has 3 rings (SSSR count). The molecule has 0 bridgehead atoms. The third kappa shape index (κ3) is 3.59. The Morgan fingerprint density at radius 3 is 2.38 bits per heavy atom. The van der Waals surface area contributed by atoms with Crippen molar-refractivity contribution in [2.45, 2.75) is 46.1 Å². The summed E-state index contributed by atoms with van der Waals surface area (Å²) in [5, 5.41) is 2.86. The fourth-order valence-corrected chi connectivity index (χ4v) is 3.58. The highest BCUT2D eigenvalue weighted by atomic mass is 16.2. The number of aromatic nitrogens is 2. The maximum Gasteiger partial charge on any atom is 0.290 e. The van der Waals surface area contributed by atoms with Crippen molar-refractivity contribution in [3.8, 4) is 0 Å². The largest absolute Gasteiger partial charge is 0.351 e. The molecular formula is C18H27N5O3. The van der Waals surface area contributed by atoms with Crippen LogP contribution >= 0.6 is 0 Å². The van der Waals surface area contributed by atoms with E-state index in [9.17, 15) is 14.4 Å². The Labute approximate surface area is 153 Å². The highest BCUT2D eigenvalue weighted by Crippen LogP contribution is 2.22. The minimum atomic E-state index is -0.196. The molecule has 8 nitrogen and oxygen atoms in total. The number of hydrogen-bond donors (Lipinski definition) is 1. The molecule has 0 spiro atoms. The van der Waals surface area contributed by atoms with E-state index in [4.69, 9.17) is 0 Å². The van der Waals surface area contributed by atoms with Gasteiger partial charge in [-0.1, -0.05) is 6.92 Å². The summed E-state index contributed by atoms with van der Waals surface area (Å²) in [7, 11) is 0. The van der Waals surface area contributed by atoms with Crippen LogP contribution in [-0.2, 0) is 17.8 Å². The average Bonchev–Trinajstić information content (AvgIpc) is 3.05. The zero-order valence-electron chi connectivity index (χ0n) is 15.6. The molecule has 2 aliphatic heterocycles. The number of amides is 3. The molecule has 26 heavy (non-hydrogen) atoms. The summed E-state index contributed by atoms with van der Waals surface area (Å²) < 4.78 is 1.92. The Morgan fingerprint density at radius 2 is 1.73 bits per heavy atom. The SMILES string of the molecule is CCCNC(=O)c1nc(C(=O)N2CCN(C(C)=O)CC2)n2c1CCCC2. The quantitative estimate of drug-likeness (QED) is 0.854. The zero-order valence-corrected chi connectivity index (χ0v) is 15.6. The second kappa shape index (κ2) is 7.88. The fraction of sp³-hybridized carbons (Fsp3) is 0.667. The van der Waals surface area contributed by atoms with E-state index in [1.54, 1.807) is 16.7 Å². The number of hydrogen-bond acceptors (Lipinski definition) is 4. The number of fused-ring (bicyclic) bond motifs is 1. The van der Waals surface area contributed by atoms with Crippen molar-refractivity contribution in [2.75, 3.05) is 32.7 Å². The number of rotatable bonds is 4. The number of nitrogens with zero attached hydrogens (tertiary/aromatic N) is 4. The van der Waals surface area contributed by atoms with Gasteiger partial charge >= 0.3 is 0 Å². The first-order valence-corrected chi connectivity index (χ1v) is 9.45. The van der Waals surface area contributed by atoms with E-state index >= 15 is 0 Å². The summed E-state index contributed by atoms with van der Waals surface area (Å²) in [5.41, 5.74) is 1.26. The van der Waals surface area contributed by atoms with E-state index in [-0.39, 0.29) is 17.7 Å². The van der Waals surface area contributed by atoms with E-state index < -0.39 is 0 Å². The molecule has 8 heteroatoms. The summed E-state index contributed by atoms with van der Waals surface area (Å²) in [4.78, 5) is 44.8. The van der Waals surface area contributed by atoms with Crippen LogP contribution < -0.4 is 5.32 Å². The van der Waals surface area contributed by atoms with E-state index in [1.165, 1.54) is 0 Å². The van der Waals surface area contributed by atoms with Crippen molar-refractivity contribution in [1.29, 1.82) is 0 Å². The summed E-state index contributed by atoms with van der Waals surface area (Å²) in [6.07, 6.45) is 3.61. The number of carbonyl (C=O) groups excluding carboxylic acids is 3. The lowest BCUT2D eigenvalue weighted by molar-refractivity contribution is -0.130. The number of piperazine rings is 1. The van der Waals surface area contributed by atoms with Crippen molar-refractivity contribution in [3.63, 3.8) is 0 Å². The van der Waals surface area contributed by atoms with Crippen molar-refractivity contribution in [3.05, 3.63) is 17.2 Å². The number of carbonyl (C=O) groups is 3. The van der Waals surface area contributed by atoms with Crippen LogP contribution in [0, 0.1) is 0 Å². The second-order valence-corrected chi connectivity index (χ2v) is 6.89. The van der Waals surface area contributed by atoms with Gasteiger partial charge in [0.1, 0.15) is 5.69 Å². The molecule has 0 aliphatic carbocycles. The lowest BCUT2D eigenvalue weighted by Gasteiger charge is -2.34. The van der Waals surface area contributed by atoms with Crippen molar-refractivity contribution >= 4 is 17.7 Å². The van der Waals surface area contributed by atoms with E-state index in [0.717, 1.165) is 37.9 Å². The molecular weight excluding hydrogens is 334 g/mol. The molecule has 0 saturated carbocycles. The highest BCUT2D eigenvalue weighted by molar-refractivity contribution is 5.97. The standard InChI is InChI=1S/C18H27N5O3/c1-3-7-19-17(25)15-14-6-4-5-8-23(14)16(20-15)18(26)22-11-9-21(10-12-22)13(2)24/h3-12H2,1-2H3,(H,19,25). The van der Waals surface area contributed by atoms with Crippen LogP contribution in [-0.4, -0.2) is 69.8 Å². The van der Waals surface area contributed by atoms with Crippen LogP contribution in [0.4, 0.5) is 0 Å². The van der Waals surface area contributed by atoms with Gasteiger partial charge in [-0.3, -0.25) is 14.4 Å². The second-order valence-electron chi connectivity index (χ2n) is 6.89. The summed E-state index contributed by atoms with van der Waals surface area (Å²) >= 11 is 0. The summed E-state index contributed by atoms with van der Waals surface area (Å²) in [6.45, 7) is 6.94. The van der Waals surface area contributed by atoms with Crippen molar-refractivity contribution in [1.82, 2.24) is 24.7 Å².